The highest BCUT2D eigenvalue weighted by atomic mass is 35.5. The van der Waals surface area contributed by atoms with Crippen LogP contribution in [0.15, 0.2) is 91.0 Å². The Morgan fingerprint density at radius 3 is 2.21 bits per heavy atom. The van der Waals surface area contributed by atoms with Crippen LogP contribution >= 0.6 is 11.6 Å². The van der Waals surface area contributed by atoms with Gasteiger partial charge in [-0.2, -0.15) is 5.10 Å². The van der Waals surface area contributed by atoms with Crippen LogP contribution < -0.4 is 5.32 Å². The van der Waals surface area contributed by atoms with Crippen molar-refractivity contribution < 1.29 is 4.79 Å². The lowest BCUT2D eigenvalue weighted by Gasteiger charge is -2.15. The number of carbonyl (C=O) groups excluding carboxylic acids is 1. The molecule has 1 aromatic heterocycles. The standard InChI is InChI=1S/C24H20ClN3O/c1-17(18-12-14-20(25)15-13-18)26-24(29)23-16-22(19-8-4-2-5-9-19)27-28(23)21-10-6-3-7-11-21/h2-17H,1H3,(H,26,29)/t17-/m0/s1. The highest BCUT2D eigenvalue weighted by Gasteiger charge is 2.19. The molecule has 5 heteroatoms. The van der Waals surface area contributed by atoms with E-state index in [9.17, 15) is 4.79 Å². The van der Waals surface area contributed by atoms with E-state index in [0.29, 0.717) is 10.7 Å². The normalized spacial score (nSPS) is 11.8. The summed E-state index contributed by atoms with van der Waals surface area (Å²) in [6.45, 7) is 1.95. The zero-order chi connectivity index (χ0) is 20.2. The van der Waals surface area contributed by atoms with E-state index in [4.69, 9.17) is 16.7 Å². The van der Waals surface area contributed by atoms with Crippen LogP contribution in [0.1, 0.15) is 29.0 Å². The molecule has 1 amide bonds. The maximum Gasteiger partial charge on any atom is 0.270 e. The molecule has 4 rings (SSSR count). The van der Waals surface area contributed by atoms with Crippen molar-refractivity contribution in [2.24, 2.45) is 0 Å². The number of aromatic nitrogens is 2. The Morgan fingerprint density at radius 2 is 1.55 bits per heavy atom. The first-order valence-electron chi connectivity index (χ1n) is 9.39. The van der Waals surface area contributed by atoms with Gasteiger partial charge in [-0.3, -0.25) is 4.79 Å². The number of para-hydroxylation sites is 1. The fourth-order valence-corrected chi connectivity index (χ4v) is 3.29. The van der Waals surface area contributed by atoms with Crippen LogP contribution in [0.4, 0.5) is 0 Å². The summed E-state index contributed by atoms with van der Waals surface area (Å²) in [5.74, 6) is -0.189. The maximum absolute atomic E-state index is 13.1. The molecule has 3 aromatic carbocycles. The number of carbonyl (C=O) groups is 1. The highest BCUT2D eigenvalue weighted by Crippen LogP contribution is 2.23. The molecule has 1 N–H and O–H groups in total. The van der Waals surface area contributed by atoms with Gasteiger partial charge in [-0.05, 0) is 42.8 Å². The molecule has 0 unspecified atom stereocenters. The van der Waals surface area contributed by atoms with Crippen molar-refractivity contribution in [1.29, 1.82) is 0 Å². The number of hydrogen-bond acceptors (Lipinski definition) is 2. The molecule has 144 valence electrons. The third kappa shape index (κ3) is 4.23. The number of halogens is 1. The second-order valence-corrected chi connectivity index (χ2v) is 7.21. The van der Waals surface area contributed by atoms with Gasteiger partial charge in [-0.1, -0.05) is 72.3 Å². The molecule has 0 aliphatic heterocycles. The minimum absolute atomic E-state index is 0.168. The van der Waals surface area contributed by atoms with E-state index >= 15 is 0 Å². The van der Waals surface area contributed by atoms with Gasteiger partial charge < -0.3 is 5.32 Å². The van der Waals surface area contributed by atoms with E-state index < -0.39 is 0 Å². The fourth-order valence-electron chi connectivity index (χ4n) is 3.16. The Morgan fingerprint density at radius 1 is 0.931 bits per heavy atom. The van der Waals surface area contributed by atoms with Crippen LogP contribution in [0, 0.1) is 0 Å². The van der Waals surface area contributed by atoms with Crippen molar-refractivity contribution in [1.82, 2.24) is 15.1 Å². The average Bonchev–Trinajstić information content (AvgIpc) is 3.21. The van der Waals surface area contributed by atoms with E-state index in [1.807, 2.05) is 97.9 Å². The zero-order valence-corrected chi connectivity index (χ0v) is 16.7. The molecule has 0 aliphatic rings. The Balaban J connectivity index is 1.68. The molecule has 0 bridgehead atoms. The number of benzene rings is 3. The van der Waals surface area contributed by atoms with Gasteiger partial charge >= 0.3 is 0 Å². The largest absolute Gasteiger partial charge is 0.344 e. The average molecular weight is 402 g/mol. The summed E-state index contributed by atoms with van der Waals surface area (Å²) in [5.41, 5.74) is 4.01. The fraction of sp³-hybridized carbons (Fsp3) is 0.0833. The van der Waals surface area contributed by atoms with Gasteiger partial charge in [-0.25, -0.2) is 4.68 Å². The number of nitrogens with one attached hydrogen (secondary N) is 1. The molecule has 29 heavy (non-hydrogen) atoms. The molecule has 0 saturated carbocycles. The molecule has 0 spiro atoms. The summed E-state index contributed by atoms with van der Waals surface area (Å²) >= 11 is 5.97. The van der Waals surface area contributed by atoms with Gasteiger partial charge in [0, 0.05) is 10.6 Å². The number of hydrogen-bond donors (Lipinski definition) is 1. The lowest BCUT2D eigenvalue weighted by atomic mass is 10.1. The van der Waals surface area contributed by atoms with Crippen molar-refractivity contribution in [3.05, 3.63) is 107 Å². The van der Waals surface area contributed by atoms with Gasteiger partial charge in [0.2, 0.25) is 0 Å². The molecule has 1 heterocycles. The minimum atomic E-state index is -0.189. The molecule has 0 fully saturated rings. The van der Waals surface area contributed by atoms with E-state index in [0.717, 1.165) is 22.5 Å². The second kappa shape index (κ2) is 8.33. The predicted octanol–water partition coefficient (Wildman–Crippen LogP) is 5.68. The van der Waals surface area contributed by atoms with Gasteiger partial charge in [0.1, 0.15) is 5.69 Å². The van der Waals surface area contributed by atoms with Gasteiger partial charge in [0.05, 0.1) is 17.4 Å². The summed E-state index contributed by atoms with van der Waals surface area (Å²) in [7, 11) is 0. The van der Waals surface area contributed by atoms with E-state index in [2.05, 4.69) is 5.32 Å². The molecule has 0 aliphatic carbocycles. The Bertz CT molecular complexity index is 1110. The first-order chi connectivity index (χ1) is 14.1. The lowest BCUT2D eigenvalue weighted by Crippen LogP contribution is -2.28. The Hall–Kier alpha value is -3.37. The van der Waals surface area contributed by atoms with Crippen LogP contribution in [-0.4, -0.2) is 15.7 Å². The lowest BCUT2D eigenvalue weighted by molar-refractivity contribution is 0.0932. The van der Waals surface area contributed by atoms with Crippen LogP contribution in [0.25, 0.3) is 16.9 Å². The molecule has 4 nitrogen and oxygen atoms in total. The van der Waals surface area contributed by atoms with Gasteiger partial charge in [-0.15, -0.1) is 0 Å². The second-order valence-electron chi connectivity index (χ2n) is 6.77. The zero-order valence-electron chi connectivity index (χ0n) is 15.9. The summed E-state index contributed by atoms with van der Waals surface area (Å²) in [5, 5.41) is 8.43. The van der Waals surface area contributed by atoms with Crippen molar-refractivity contribution >= 4 is 17.5 Å². The summed E-state index contributed by atoms with van der Waals surface area (Å²) in [6, 6.07) is 28.6. The number of rotatable bonds is 5. The quantitative estimate of drug-likeness (QED) is 0.467. The van der Waals surface area contributed by atoms with E-state index in [1.165, 1.54) is 0 Å². The van der Waals surface area contributed by atoms with Crippen LogP contribution in [0.3, 0.4) is 0 Å². The monoisotopic (exact) mass is 401 g/mol. The first kappa shape index (κ1) is 19.0. The van der Waals surface area contributed by atoms with Crippen molar-refractivity contribution in [2.75, 3.05) is 0 Å². The molecular weight excluding hydrogens is 382 g/mol. The van der Waals surface area contributed by atoms with Crippen LogP contribution in [0.5, 0.6) is 0 Å². The van der Waals surface area contributed by atoms with E-state index in [-0.39, 0.29) is 11.9 Å². The molecule has 1 atom stereocenters. The molecular formula is C24H20ClN3O. The number of nitrogens with zero attached hydrogens (tertiary/aromatic N) is 2. The highest BCUT2D eigenvalue weighted by molar-refractivity contribution is 6.30. The SMILES string of the molecule is C[C@H](NC(=O)c1cc(-c2ccccc2)nn1-c1ccccc1)c1ccc(Cl)cc1. The predicted molar refractivity (Wildman–Crippen MR) is 116 cm³/mol. The third-order valence-electron chi connectivity index (χ3n) is 4.73. The van der Waals surface area contributed by atoms with Gasteiger partial charge in [0.25, 0.3) is 5.91 Å². The van der Waals surface area contributed by atoms with Crippen molar-refractivity contribution in [3.8, 4) is 16.9 Å². The van der Waals surface area contributed by atoms with E-state index in [1.54, 1.807) is 4.68 Å². The topological polar surface area (TPSA) is 46.9 Å². The third-order valence-corrected chi connectivity index (χ3v) is 4.98. The Kier molecular flexibility index (Phi) is 5.45. The summed E-state index contributed by atoms with van der Waals surface area (Å²) in [6.07, 6.45) is 0. The minimum Gasteiger partial charge on any atom is -0.344 e. The van der Waals surface area contributed by atoms with Crippen LogP contribution in [-0.2, 0) is 0 Å². The van der Waals surface area contributed by atoms with Crippen molar-refractivity contribution in [3.63, 3.8) is 0 Å². The Labute approximate surface area is 174 Å². The molecule has 0 radical (unpaired) electrons. The molecule has 0 saturated heterocycles. The van der Waals surface area contributed by atoms with Crippen LogP contribution in [0.2, 0.25) is 5.02 Å². The first-order valence-corrected chi connectivity index (χ1v) is 9.77. The summed E-state index contributed by atoms with van der Waals surface area (Å²) < 4.78 is 1.69. The van der Waals surface area contributed by atoms with Crippen molar-refractivity contribution in [2.45, 2.75) is 13.0 Å². The maximum atomic E-state index is 13.1. The summed E-state index contributed by atoms with van der Waals surface area (Å²) in [4.78, 5) is 13.1. The molecule has 4 aromatic rings. The number of amides is 1. The smallest absolute Gasteiger partial charge is 0.270 e. The van der Waals surface area contributed by atoms with Gasteiger partial charge in [0.15, 0.2) is 0 Å².